The van der Waals surface area contributed by atoms with E-state index in [9.17, 15) is 9.59 Å². The molecule has 1 heterocycles. The predicted molar refractivity (Wildman–Crippen MR) is 71.0 cm³/mol. The minimum Gasteiger partial charge on any atom is -0.303 e. The minimum absolute atomic E-state index is 0.265. The normalized spacial score (nSPS) is 10.6. The first-order valence-corrected chi connectivity index (χ1v) is 5.81. The summed E-state index contributed by atoms with van der Waals surface area (Å²) in [6.45, 7) is 4.29. The third-order valence-electron chi connectivity index (χ3n) is 3.07. The Balaban J connectivity index is 2.53. The van der Waals surface area contributed by atoms with Crippen LogP contribution < -0.4 is 11.2 Å². The number of rotatable bonds is 2. The van der Waals surface area contributed by atoms with Crippen LogP contribution in [0.1, 0.15) is 16.7 Å². The Hall–Kier alpha value is -2.10. The zero-order valence-corrected chi connectivity index (χ0v) is 10.8. The van der Waals surface area contributed by atoms with E-state index in [0.717, 1.165) is 16.7 Å². The number of benzene rings is 1. The van der Waals surface area contributed by atoms with Crippen molar-refractivity contribution in [2.45, 2.75) is 20.4 Å². The van der Waals surface area contributed by atoms with Crippen molar-refractivity contribution in [2.75, 3.05) is 0 Å². The maximum absolute atomic E-state index is 11.9. The first-order chi connectivity index (χ1) is 8.49. The van der Waals surface area contributed by atoms with Crippen LogP contribution in [0.25, 0.3) is 0 Å². The summed E-state index contributed by atoms with van der Waals surface area (Å²) in [5.74, 6) is 0. The fourth-order valence-corrected chi connectivity index (χ4v) is 1.90. The molecule has 0 atom stereocenters. The summed E-state index contributed by atoms with van der Waals surface area (Å²) >= 11 is 0. The van der Waals surface area contributed by atoms with Crippen molar-refractivity contribution >= 4 is 0 Å². The third kappa shape index (κ3) is 2.27. The van der Waals surface area contributed by atoms with Crippen molar-refractivity contribution in [3.63, 3.8) is 0 Å². The molecule has 0 aliphatic heterocycles. The van der Waals surface area contributed by atoms with Crippen LogP contribution in [0.2, 0.25) is 0 Å². The fraction of sp³-hybridized carbons (Fsp3) is 0.286. The van der Waals surface area contributed by atoms with Gasteiger partial charge in [-0.1, -0.05) is 23.8 Å². The average molecular weight is 244 g/mol. The van der Waals surface area contributed by atoms with E-state index in [1.165, 1.54) is 21.4 Å². The SMILES string of the molecule is Cc1ccc(C)c(Cn2c(=O)ccn(C)c2=O)c1. The summed E-state index contributed by atoms with van der Waals surface area (Å²) in [5.41, 5.74) is 2.65. The smallest absolute Gasteiger partial charge is 0.303 e. The van der Waals surface area contributed by atoms with Gasteiger partial charge in [0, 0.05) is 19.3 Å². The lowest BCUT2D eigenvalue weighted by Crippen LogP contribution is -2.38. The van der Waals surface area contributed by atoms with E-state index >= 15 is 0 Å². The van der Waals surface area contributed by atoms with E-state index in [0.29, 0.717) is 6.54 Å². The molecule has 0 bridgehead atoms. The van der Waals surface area contributed by atoms with Gasteiger partial charge in [0.2, 0.25) is 0 Å². The topological polar surface area (TPSA) is 44.0 Å². The standard InChI is InChI=1S/C14H16N2O2/c1-10-4-5-11(2)12(8-10)9-16-13(17)6-7-15(3)14(16)18/h4-8H,9H2,1-3H3. The van der Waals surface area contributed by atoms with Crippen molar-refractivity contribution in [1.82, 2.24) is 9.13 Å². The molecule has 0 radical (unpaired) electrons. The number of aromatic nitrogens is 2. The van der Waals surface area contributed by atoms with Gasteiger partial charge in [-0.3, -0.25) is 9.36 Å². The van der Waals surface area contributed by atoms with Crippen LogP contribution in [-0.4, -0.2) is 9.13 Å². The highest BCUT2D eigenvalue weighted by atomic mass is 16.2. The summed E-state index contributed by atoms with van der Waals surface area (Å²) < 4.78 is 2.66. The van der Waals surface area contributed by atoms with Crippen molar-refractivity contribution in [2.24, 2.45) is 7.05 Å². The van der Waals surface area contributed by atoms with E-state index in [4.69, 9.17) is 0 Å². The van der Waals surface area contributed by atoms with Gasteiger partial charge in [0.05, 0.1) is 6.54 Å². The first kappa shape index (κ1) is 12.4. The summed E-state index contributed by atoms with van der Waals surface area (Å²) in [6.07, 6.45) is 1.49. The first-order valence-electron chi connectivity index (χ1n) is 5.81. The molecule has 18 heavy (non-hydrogen) atoms. The molecule has 0 N–H and O–H groups in total. The second-order valence-corrected chi connectivity index (χ2v) is 4.56. The average Bonchev–Trinajstić information content (AvgIpc) is 2.34. The van der Waals surface area contributed by atoms with E-state index in [2.05, 4.69) is 0 Å². The van der Waals surface area contributed by atoms with Gasteiger partial charge in [-0.25, -0.2) is 4.79 Å². The molecule has 0 fully saturated rings. The Kier molecular flexibility index (Phi) is 3.19. The molecule has 94 valence electrons. The number of hydrogen-bond acceptors (Lipinski definition) is 2. The molecule has 0 saturated carbocycles. The van der Waals surface area contributed by atoms with Crippen LogP contribution in [0, 0.1) is 13.8 Å². The lowest BCUT2D eigenvalue weighted by Gasteiger charge is -2.09. The Labute approximate surface area is 105 Å². The highest BCUT2D eigenvalue weighted by Gasteiger charge is 2.06. The molecule has 0 unspecified atom stereocenters. The van der Waals surface area contributed by atoms with Gasteiger partial charge in [-0.05, 0) is 25.0 Å². The van der Waals surface area contributed by atoms with Crippen molar-refractivity contribution in [3.05, 3.63) is 68.0 Å². The molecule has 0 aliphatic carbocycles. The molecule has 0 aliphatic rings. The van der Waals surface area contributed by atoms with Crippen LogP contribution >= 0.6 is 0 Å². The van der Waals surface area contributed by atoms with Crippen molar-refractivity contribution in [3.8, 4) is 0 Å². The molecule has 1 aromatic heterocycles. The lowest BCUT2D eigenvalue weighted by atomic mass is 10.1. The van der Waals surface area contributed by atoms with Gasteiger partial charge in [-0.15, -0.1) is 0 Å². The monoisotopic (exact) mass is 244 g/mol. The highest BCUT2D eigenvalue weighted by molar-refractivity contribution is 5.30. The Morgan fingerprint density at radius 2 is 1.83 bits per heavy atom. The summed E-state index contributed by atoms with van der Waals surface area (Å²) in [7, 11) is 1.64. The minimum atomic E-state index is -0.289. The van der Waals surface area contributed by atoms with E-state index in [1.54, 1.807) is 7.05 Å². The molecule has 4 heteroatoms. The van der Waals surface area contributed by atoms with Gasteiger partial charge in [0.15, 0.2) is 0 Å². The Bertz CT molecular complexity index is 696. The molecule has 4 nitrogen and oxygen atoms in total. The molecule has 2 rings (SSSR count). The number of hydrogen-bond donors (Lipinski definition) is 0. The quantitative estimate of drug-likeness (QED) is 0.797. The van der Waals surface area contributed by atoms with Crippen molar-refractivity contribution < 1.29 is 0 Å². The fourth-order valence-electron chi connectivity index (χ4n) is 1.90. The maximum atomic E-state index is 11.9. The number of aryl methyl sites for hydroxylation is 3. The highest BCUT2D eigenvalue weighted by Crippen LogP contribution is 2.10. The summed E-state index contributed by atoms with van der Waals surface area (Å²) in [6, 6.07) is 7.44. The maximum Gasteiger partial charge on any atom is 0.331 e. The molecular weight excluding hydrogens is 228 g/mol. The predicted octanol–water partition coefficient (Wildman–Crippen LogP) is 1.21. The van der Waals surface area contributed by atoms with Gasteiger partial charge < -0.3 is 4.57 Å². The molecule has 0 spiro atoms. The largest absolute Gasteiger partial charge is 0.331 e. The van der Waals surface area contributed by atoms with Crippen LogP contribution in [-0.2, 0) is 13.6 Å². The van der Waals surface area contributed by atoms with E-state index in [-0.39, 0.29) is 11.2 Å². The van der Waals surface area contributed by atoms with Gasteiger partial charge in [0.25, 0.3) is 5.56 Å². The van der Waals surface area contributed by atoms with Crippen LogP contribution in [0.5, 0.6) is 0 Å². The zero-order valence-electron chi connectivity index (χ0n) is 10.8. The van der Waals surface area contributed by atoms with Gasteiger partial charge in [0.1, 0.15) is 0 Å². The molecule has 0 saturated heterocycles. The van der Waals surface area contributed by atoms with Crippen molar-refractivity contribution in [1.29, 1.82) is 0 Å². The summed E-state index contributed by atoms with van der Waals surface area (Å²) in [4.78, 5) is 23.7. The van der Waals surface area contributed by atoms with Crippen LogP contribution in [0.3, 0.4) is 0 Å². The van der Waals surface area contributed by atoms with Crippen LogP contribution in [0.4, 0.5) is 0 Å². The van der Waals surface area contributed by atoms with Crippen LogP contribution in [0.15, 0.2) is 40.1 Å². The molecular formula is C14H16N2O2. The third-order valence-corrected chi connectivity index (χ3v) is 3.07. The Morgan fingerprint density at radius 3 is 2.56 bits per heavy atom. The van der Waals surface area contributed by atoms with E-state index in [1.807, 2.05) is 32.0 Å². The molecule has 0 amide bonds. The van der Waals surface area contributed by atoms with Gasteiger partial charge in [-0.2, -0.15) is 0 Å². The zero-order chi connectivity index (χ0) is 13.3. The molecule has 2 aromatic rings. The second kappa shape index (κ2) is 4.64. The lowest BCUT2D eigenvalue weighted by molar-refractivity contribution is 0.638. The second-order valence-electron chi connectivity index (χ2n) is 4.56. The molecule has 1 aromatic carbocycles. The van der Waals surface area contributed by atoms with Gasteiger partial charge >= 0.3 is 5.69 Å². The van der Waals surface area contributed by atoms with E-state index < -0.39 is 0 Å². The number of nitrogens with zero attached hydrogens (tertiary/aromatic N) is 2. The summed E-state index contributed by atoms with van der Waals surface area (Å²) in [5, 5.41) is 0. The Morgan fingerprint density at radius 1 is 1.11 bits per heavy atom.